The van der Waals surface area contributed by atoms with E-state index in [9.17, 15) is 0 Å². The summed E-state index contributed by atoms with van der Waals surface area (Å²) in [6, 6.07) is 0. The van der Waals surface area contributed by atoms with Crippen LogP contribution in [0.25, 0.3) is 0 Å². The van der Waals surface area contributed by atoms with Crippen LogP contribution in [0.15, 0.2) is 28.9 Å². The van der Waals surface area contributed by atoms with Crippen LogP contribution in [0, 0.1) is 0 Å². The highest BCUT2D eigenvalue weighted by molar-refractivity contribution is 9.11. The Labute approximate surface area is 142 Å². The fourth-order valence-corrected chi connectivity index (χ4v) is 3.63. The van der Waals surface area contributed by atoms with Gasteiger partial charge in [0.25, 0.3) is 0 Å². The van der Waals surface area contributed by atoms with Crippen LogP contribution in [-0.2, 0) is 9.47 Å². The summed E-state index contributed by atoms with van der Waals surface area (Å²) in [5.41, 5.74) is 3.03. The van der Waals surface area contributed by atoms with E-state index in [0.717, 1.165) is 19.3 Å². The normalized spacial score (nSPS) is 43.2. The molecule has 5 heteroatoms. The van der Waals surface area contributed by atoms with Gasteiger partial charge in [-0.3, -0.25) is 0 Å². The highest BCUT2D eigenvalue weighted by Gasteiger charge is 2.38. The van der Waals surface area contributed by atoms with E-state index in [4.69, 9.17) is 21.1 Å². The fraction of sp³-hybridized carbons (Fsp3) is 0.667. The van der Waals surface area contributed by atoms with Gasteiger partial charge >= 0.3 is 0 Å². The Hall–Kier alpha value is 0.430. The molecule has 2 bridgehead atoms. The van der Waals surface area contributed by atoms with Crippen molar-refractivity contribution in [1.29, 1.82) is 0 Å². The first-order chi connectivity index (χ1) is 9.60. The Morgan fingerprint density at radius 3 is 2.85 bits per heavy atom. The first kappa shape index (κ1) is 16.8. The average Bonchev–Trinajstić information content (AvgIpc) is 2.75. The zero-order chi connectivity index (χ0) is 14.5. The minimum Gasteiger partial charge on any atom is -0.372 e. The van der Waals surface area contributed by atoms with Crippen LogP contribution in [0.4, 0.5) is 0 Å². The molecule has 0 saturated carbocycles. The molecule has 2 heterocycles. The van der Waals surface area contributed by atoms with Crippen LogP contribution in [0.1, 0.15) is 26.2 Å². The Kier molecular flexibility index (Phi) is 6.86. The van der Waals surface area contributed by atoms with E-state index in [2.05, 4.69) is 49.7 Å². The van der Waals surface area contributed by atoms with Crippen molar-refractivity contribution in [3.8, 4) is 0 Å². The molecule has 20 heavy (non-hydrogen) atoms. The highest BCUT2D eigenvalue weighted by atomic mass is 79.9. The van der Waals surface area contributed by atoms with Crippen molar-refractivity contribution in [2.45, 2.75) is 60.8 Å². The molecule has 0 N–H and O–H groups in total. The second kappa shape index (κ2) is 8.17. The topological polar surface area (TPSA) is 18.5 Å². The third-order valence-electron chi connectivity index (χ3n) is 3.58. The predicted octanol–water partition coefficient (Wildman–Crippen LogP) is 4.70. The lowest BCUT2D eigenvalue weighted by Crippen LogP contribution is -2.27. The minimum atomic E-state index is -0.0414. The molecule has 2 rings (SSSR count). The first-order valence-corrected chi connectivity index (χ1v) is 9.14. The lowest BCUT2D eigenvalue weighted by molar-refractivity contribution is -0.00956. The van der Waals surface area contributed by atoms with Gasteiger partial charge in [-0.25, -0.2) is 0 Å². The SMILES string of the molecule is C[C@H]1/C=C/C[C@H](Br)[C@@H]2C[C@@H](Cl)[C@@H](CC(C=C=CBr)O1)O2. The molecular formula is C15H19Br2ClO2. The molecule has 1 fully saturated rings. The Balaban J connectivity index is 2.16. The number of halogens is 3. The van der Waals surface area contributed by atoms with Crippen LogP contribution in [0.5, 0.6) is 0 Å². The molecule has 0 aromatic rings. The molecule has 2 aliphatic rings. The maximum absolute atomic E-state index is 6.44. The van der Waals surface area contributed by atoms with Gasteiger partial charge in [-0.05, 0) is 25.8 Å². The Morgan fingerprint density at radius 1 is 1.30 bits per heavy atom. The summed E-state index contributed by atoms with van der Waals surface area (Å²) < 4.78 is 12.1. The molecule has 0 spiro atoms. The van der Waals surface area contributed by atoms with Gasteiger partial charge in [0.05, 0.1) is 29.8 Å². The molecule has 1 unspecified atom stereocenters. The van der Waals surface area contributed by atoms with Crippen molar-refractivity contribution < 1.29 is 9.47 Å². The molecule has 0 radical (unpaired) electrons. The molecule has 0 aliphatic carbocycles. The quantitative estimate of drug-likeness (QED) is 0.344. The van der Waals surface area contributed by atoms with E-state index in [1.807, 2.05) is 13.0 Å². The summed E-state index contributed by atoms with van der Waals surface area (Å²) in [5.74, 6) is 0. The molecule has 1 saturated heterocycles. The average molecular weight is 427 g/mol. The number of allylic oxidation sites excluding steroid dienone is 1. The number of hydrogen-bond donors (Lipinski definition) is 0. The van der Waals surface area contributed by atoms with Gasteiger partial charge < -0.3 is 9.47 Å². The molecule has 0 aromatic carbocycles. The maximum Gasteiger partial charge on any atom is 0.0862 e. The van der Waals surface area contributed by atoms with Crippen LogP contribution >= 0.6 is 43.5 Å². The van der Waals surface area contributed by atoms with Gasteiger partial charge in [0.1, 0.15) is 0 Å². The summed E-state index contributed by atoms with van der Waals surface area (Å²) in [4.78, 5) is 2.01. The van der Waals surface area contributed by atoms with Crippen molar-refractivity contribution in [3.05, 3.63) is 28.9 Å². The van der Waals surface area contributed by atoms with Crippen LogP contribution < -0.4 is 0 Å². The van der Waals surface area contributed by atoms with E-state index < -0.39 is 0 Å². The van der Waals surface area contributed by atoms with E-state index in [1.165, 1.54) is 0 Å². The van der Waals surface area contributed by atoms with E-state index in [-0.39, 0.29) is 29.8 Å². The standard InChI is InChI=1S/C15H19Br2ClO2/c1-10-4-2-6-12(17)14-9-13(18)15(20-14)8-11(19-10)5-3-7-16/h2,4-5,7,10-15H,6,8-9H2,1H3/b4-2+/t3?,10-,11?,12-,13+,14-,15+/m0/s1. The van der Waals surface area contributed by atoms with Gasteiger partial charge in [0, 0.05) is 16.2 Å². The number of rotatable bonds is 1. The summed E-state index contributed by atoms with van der Waals surface area (Å²) >= 11 is 13.4. The van der Waals surface area contributed by atoms with Crippen molar-refractivity contribution in [2.75, 3.05) is 0 Å². The third-order valence-corrected chi connectivity index (χ3v) is 5.27. The second-order valence-electron chi connectivity index (χ2n) is 5.20. The van der Waals surface area contributed by atoms with Crippen LogP contribution in [-0.4, -0.2) is 34.6 Å². The van der Waals surface area contributed by atoms with Crippen molar-refractivity contribution >= 4 is 43.5 Å². The van der Waals surface area contributed by atoms with Gasteiger partial charge in [0.15, 0.2) is 0 Å². The van der Waals surface area contributed by atoms with Crippen molar-refractivity contribution in [3.63, 3.8) is 0 Å². The van der Waals surface area contributed by atoms with E-state index >= 15 is 0 Å². The van der Waals surface area contributed by atoms with Gasteiger partial charge in [-0.15, -0.1) is 17.3 Å². The van der Waals surface area contributed by atoms with E-state index in [0.29, 0.717) is 4.83 Å². The second-order valence-corrected chi connectivity index (χ2v) is 7.40. The minimum absolute atomic E-state index is 0.0328. The molecule has 2 aliphatic heterocycles. The van der Waals surface area contributed by atoms with Crippen LogP contribution in [0.2, 0.25) is 0 Å². The maximum atomic E-state index is 6.44. The number of hydrogen-bond acceptors (Lipinski definition) is 2. The van der Waals surface area contributed by atoms with Crippen LogP contribution in [0.3, 0.4) is 0 Å². The first-order valence-electron chi connectivity index (χ1n) is 6.87. The molecule has 6 atom stereocenters. The number of fused-ring (bicyclic) bond motifs is 2. The smallest absolute Gasteiger partial charge is 0.0862 e. The fourth-order valence-electron chi connectivity index (χ4n) is 2.58. The number of ether oxygens (including phenoxy) is 2. The summed E-state index contributed by atoms with van der Waals surface area (Å²) in [5, 5.41) is 0.0474. The van der Waals surface area contributed by atoms with Gasteiger partial charge in [-0.1, -0.05) is 44.0 Å². The molecule has 0 aromatic heterocycles. The summed E-state index contributed by atoms with van der Waals surface area (Å²) in [6.45, 7) is 2.05. The lowest BCUT2D eigenvalue weighted by Gasteiger charge is -2.22. The van der Waals surface area contributed by atoms with Crippen molar-refractivity contribution in [1.82, 2.24) is 0 Å². The largest absolute Gasteiger partial charge is 0.372 e. The summed E-state index contributed by atoms with van der Waals surface area (Å²) in [7, 11) is 0. The Morgan fingerprint density at radius 2 is 2.10 bits per heavy atom. The Bertz CT molecular complexity index is 407. The monoisotopic (exact) mass is 424 g/mol. The molecule has 0 amide bonds. The zero-order valence-corrected chi connectivity index (χ0v) is 15.3. The van der Waals surface area contributed by atoms with Gasteiger partial charge in [0.2, 0.25) is 0 Å². The number of alkyl halides is 2. The lowest BCUT2D eigenvalue weighted by atomic mass is 10.0. The third kappa shape index (κ3) is 4.72. The molecular weight excluding hydrogens is 407 g/mol. The van der Waals surface area contributed by atoms with Gasteiger partial charge in [-0.2, -0.15) is 0 Å². The highest BCUT2D eigenvalue weighted by Crippen LogP contribution is 2.34. The summed E-state index contributed by atoms with van der Waals surface area (Å²) in [6.07, 6.45) is 8.98. The van der Waals surface area contributed by atoms with E-state index in [1.54, 1.807) is 4.99 Å². The molecule has 2 nitrogen and oxygen atoms in total. The predicted molar refractivity (Wildman–Crippen MR) is 89.9 cm³/mol. The molecule has 112 valence electrons. The van der Waals surface area contributed by atoms with Crippen molar-refractivity contribution in [2.24, 2.45) is 0 Å². The zero-order valence-electron chi connectivity index (χ0n) is 11.3.